The second kappa shape index (κ2) is 5.29. The van der Waals surface area contributed by atoms with Crippen molar-refractivity contribution >= 4 is 17.4 Å². The van der Waals surface area contributed by atoms with Gasteiger partial charge in [-0.3, -0.25) is 14.2 Å². The molecule has 0 aliphatic rings. The van der Waals surface area contributed by atoms with Gasteiger partial charge in [0, 0.05) is 24.9 Å². The summed E-state index contributed by atoms with van der Waals surface area (Å²) >= 11 is 5.72. The van der Waals surface area contributed by atoms with Crippen LogP contribution in [0, 0.1) is 19.7 Å². The standard InChI is InChI=1S/C14H12ClFN2O3/c1-6-5-17-12(8(3)19)11(16)13(6)18-7(2)4-9(20)10(15)14(18)21/h4-5,20H,1-3H3. The lowest BCUT2D eigenvalue weighted by atomic mass is 10.1. The molecule has 2 aromatic heterocycles. The molecule has 0 aromatic carbocycles. The van der Waals surface area contributed by atoms with Gasteiger partial charge in [0.15, 0.2) is 11.6 Å². The summed E-state index contributed by atoms with van der Waals surface area (Å²) in [5.74, 6) is -1.83. The van der Waals surface area contributed by atoms with Crippen LogP contribution in [-0.2, 0) is 0 Å². The first kappa shape index (κ1) is 15.2. The number of Topliss-reactive ketones (excluding diaryl/α,β-unsaturated/α-hetero) is 1. The maximum Gasteiger partial charge on any atom is 0.277 e. The zero-order valence-corrected chi connectivity index (χ0v) is 12.3. The molecule has 0 aliphatic carbocycles. The van der Waals surface area contributed by atoms with Gasteiger partial charge >= 0.3 is 0 Å². The van der Waals surface area contributed by atoms with Crippen LogP contribution in [0.5, 0.6) is 5.75 Å². The fraction of sp³-hybridized carbons (Fsp3) is 0.214. The van der Waals surface area contributed by atoms with Crippen molar-refractivity contribution in [3.8, 4) is 11.4 Å². The van der Waals surface area contributed by atoms with Crippen molar-refractivity contribution in [1.82, 2.24) is 9.55 Å². The summed E-state index contributed by atoms with van der Waals surface area (Å²) in [4.78, 5) is 27.3. The van der Waals surface area contributed by atoms with Crippen LogP contribution in [0.25, 0.3) is 5.69 Å². The molecule has 110 valence electrons. The number of aryl methyl sites for hydroxylation is 2. The number of carbonyl (C=O) groups is 1. The fourth-order valence-corrected chi connectivity index (χ4v) is 2.20. The lowest BCUT2D eigenvalue weighted by Crippen LogP contribution is -2.24. The molecule has 0 saturated heterocycles. The van der Waals surface area contributed by atoms with E-state index in [0.29, 0.717) is 5.56 Å². The van der Waals surface area contributed by atoms with Crippen LogP contribution in [0.3, 0.4) is 0 Å². The highest BCUT2D eigenvalue weighted by atomic mass is 35.5. The average molecular weight is 311 g/mol. The van der Waals surface area contributed by atoms with Gasteiger partial charge in [0.2, 0.25) is 0 Å². The van der Waals surface area contributed by atoms with Gasteiger partial charge in [0.1, 0.15) is 16.5 Å². The summed E-state index contributed by atoms with van der Waals surface area (Å²) in [7, 11) is 0. The number of ketones is 1. The van der Waals surface area contributed by atoms with Gasteiger partial charge < -0.3 is 5.11 Å². The molecule has 5 nitrogen and oxygen atoms in total. The normalized spacial score (nSPS) is 10.7. The predicted molar refractivity (Wildman–Crippen MR) is 75.9 cm³/mol. The number of aromatic hydroxyl groups is 1. The Kier molecular flexibility index (Phi) is 3.82. The summed E-state index contributed by atoms with van der Waals surface area (Å²) in [5, 5.41) is 9.11. The number of hydrogen-bond donors (Lipinski definition) is 1. The van der Waals surface area contributed by atoms with E-state index in [2.05, 4.69) is 4.98 Å². The number of halogens is 2. The van der Waals surface area contributed by atoms with E-state index in [1.165, 1.54) is 26.1 Å². The van der Waals surface area contributed by atoms with Crippen LogP contribution in [-0.4, -0.2) is 20.4 Å². The minimum atomic E-state index is -0.894. The SMILES string of the molecule is CC(=O)c1ncc(C)c(-n2c(C)cc(O)c(Cl)c2=O)c1F. The Bertz CT molecular complexity index is 815. The summed E-state index contributed by atoms with van der Waals surface area (Å²) in [6.45, 7) is 4.26. The molecule has 0 amide bonds. The maximum atomic E-state index is 14.5. The second-order valence-electron chi connectivity index (χ2n) is 4.63. The first-order valence-electron chi connectivity index (χ1n) is 6.03. The maximum absolute atomic E-state index is 14.5. The summed E-state index contributed by atoms with van der Waals surface area (Å²) in [5.41, 5.74) is -0.573. The zero-order valence-electron chi connectivity index (χ0n) is 11.6. The minimum Gasteiger partial charge on any atom is -0.506 e. The molecule has 2 rings (SSSR count). The Morgan fingerprint density at radius 1 is 1.43 bits per heavy atom. The predicted octanol–water partition coefficient (Wildman–Crippen LogP) is 2.55. The molecule has 0 aliphatic heterocycles. The minimum absolute atomic E-state index is 0.0976. The smallest absolute Gasteiger partial charge is 0.277 e. The van der Waals surface area contributed by atoms with Crippen molar-refractivity contribution in [3.05, 3.63) is 50.4 Å². The van der Waals surface area contributed by atoms with Gasteiger partial charge in [-0.05, 0) is 19.4 Å². The van der Waals surface area contributed by atoms with E-state index in [1.54, 1.807) is 6.92 Å². The van der Waals surface area contributed by atoms with Crippen molar-refractivity contribution in [3.63, 3.8) is 0 Å². The highest BCUT2D eigenvalue weighted by molar-refractivity contribution is 6.31. The van der Waals surface area contributed by atoms with Crippen LogP contribution in [0.2, 0.25) is 5.02 Å². The average Bonchev–Trinajstić information content (AvgIpc) is 2.39. The topological polar surface area (TPSA) is 72.2 Å². The molecule has 0 atom stereocenters. The quantitative estimate of drug-likeness (QED) is 0.865. The van der Waals surface area contributed by atoms with Gasteiger partial charge in [0.25, 0.3) is 5.56 Å². The molecule has 0 spiro atoms. The van der Waals surface area contributed by atoms with E-state index < -0.39 is 22.2 Å². The van der Waals surface area contributed by atoms with Crippen molar-refractivity contribution in [2.75, 3.05) is 0 Å². The molecule has 1 N–H and O–H groups in total. The third-order valence-corrected chi connectivity index (χ3v) is 3.40. The number of rotatable bonds is 2. The summed E-state index contributed by atoms with van der Waals surface area (Å²) in [6.07, 6.45) is 1.31. The Hall–Kier alpha value is -2.21. The zero-order chi connectivity index (χ0) is 15.9. The van der Waals surface area contributed by atoms with Crippen molar-refractivity contribution in [2.24, 2.45) is 0 Å². The van der Waals surface area contributed by atoms with E-state index >= 15 is 0 Å². The Labute approximate surface area is 124 Å². The van der Waals surface area contributed by atoms with Gasteiger partial charge in [-0.25, -0.2) is 9.37 Å². The van der Waals surface area contributed by atoms with E-state index in [4.69, 9.17) is 11.6 Å². The van der Waals surface area contributed by atoms with E-state index in [-0.39, 0.29) is 22.8 Å². The van der Waals surface area contributed by atoms with Gasteiger partial charge in [0.05, 0.1) is 5.69 Å². The van der Waals surface area contributed by atoms with Crippen LogP contribution < -0.4 is 5.56 Å². The Morgan fingerprint density at radius 3 is 2.62 bits per heavy atom. The monoisotopic (exact) mass is 310 g/mol. The molecule has 0 fully saturated rings. The van der Waals surface area contributed by atoms with E-state index in [0.717, 1.165) is 4.57 Å². The molecule has 2 aromatic rings. The largest absolute Gasteiger partial charge is 0.506 e. The van der Waals surface area contributed by atoms with Crippen LogP contribution in [0.1, 0.15) is 28.7 Å². The molecule has 0 radical (unpaired) electrons. The van der Waals surface area contributed by atoms with Crippen LogP contribution in [0.15, 0.2) is 17.1 Å². The highest BCUT2D eigenvalue weighted by Gasteiger charge is 2.21. The molecule has 7 heteroatoms. The van der Waals surface area contributed by atoms with Crippen molar-refractivity contribution < 1.29 is 14.3 Å². The summed E-state index contributed by atoms with van der Waals surface area (Å²) < 4.78 is 15.5. The number of hydrogen-bond acceptors (Lipinski definition) is 4. The number of aromatic nitrogens is 2. The lowest BCUT2D eigenvalue weighted by molar-refractivity contribution is 0.100. The van der Waals surface area contributed by atoms with Gasteiger partial charge in [-0.2, -0.15) is 0 Å². The third kappa shape index (κ3) is 2.42. The van der Waals surface area contributed by atoms with Gasteiger partial charge in [-0.1, -0.05) is 11.6 Å². The number of pyridine rings is 2. The van der Waals surface area contributed by atoms with E-state index in [1.807, 2.05) is 0 Å². The third-order valence-electron chi connectivity index (χ3n) is 3.05. The fourth-order valence-electron chi connectivity index (χ4n) is 2.06. The van der Waals surface area contributed by atoms with Crippen molar-refractivity contribution in [2.45, 2.75) is 20.8 Å². The van der Waals surface area contributed by atoms with Crippen LogP contribution >= 0.6 is 11.6 Å². The molecule has 0 saturated carbocycles. The first-order chi connectivity index (χ1) is 9.75. The second-order valence-corrected chi connectivity index (χ2v) is 5.01. The molecular weight excluding hydrogens is 299 g/mol. The Balaban J connectivity index is 2.92. The Morgan fingerprint density at radius 2 is 2.05 bits per heavy atom. The number of nitrogens with zero attached hydrogens (tertiary/aromatic N) is 2. The lowest BCUT2D eigenvalue weighted by Gasteiger charge is -2.15. The van der Waals surface area contributed by atoms with Crippen LogP contribution in [0.4, 0.5) is 4.39 Å². The summed E-state index contributed by atoms with van der Waals surface area (Å²) in [6, 6.07) is 1.25. The van der Waals surface area contributed by atoms with Gasteiger partial charge in [-0.15, -0.1) is 0 Å². The first-order valence-corrected chi connectivity index (χ1v) is 6.41. The molecule has 21 heavy (non-hydrogen) atoms. The highest BCUT2D eigenvalue weighted by Crippen LogP contribution is 2.25. The molecule has 0 bridgehead atoms. The molecule has 2 heterocycles. The number of carbonyl (C=O) groups excluding carboxylic acids is 1. The van der Waals surface area contributed by atoms with E-state index in [9.17, 15) is 19.1 Å². The van der Waals surface area contributed by atoms with Crippen molar-refractivity contribution in [1.29, 1.82) is 0 Å². The molecular formula is C14H12ClFN2O3. The molecule has 0 unspecified atom stereocenters.